The van der Waals surface area contributed by atoms with Crippen molar-refractivity contribution in [2.75, 3.05) is 13.2 Å². The third-order valence-electron chi connectivity index (χ3n) is 4.58. The van der Waals surface area contributed by atoms with E-state index in [9.17, 15) is 9.59 Å². The van der Waals surface area contributed by atoms with E-state index in [1.54, 1.807) is 43.3 Å². The van der Waals surface area contributed by atoms with Crippen LogP contribution in [0.1, 0.15) is 32.3 Å². The van der Waals surface area contributed by atoms with Crippen LogP contribution in [-0.2, 0) is 16.1 Å². The molecule has 0 aliphatic rings. The van der Waals surface area contributed by atoms with Crippen LogP contribution >= 0.6 is 50.7 Å². The van der Waals surface area contributed by atoms with Gasteiger partial charge in [0, 0.05) is 18.1 Å². The van der Waals surface area contributed by atoms with Crippen molar-refractivity contribution >= 4 is 62.5 Å². The Kier molecular flexibility index (Phi) is 10.4. The monoisotopic (exact) mass is 548 g/mol. The van der Waals surface area contributed by atoms with Crippen LogP contribution in [0.2, 0.25) is 15.1 Å². The van der Waals surface area contributed by atoms with Crippen molar-refractivity contribution in [3.8, 4) is 5.75 Å². The molecule has 9 heteroatoms. The maximum Gasteiger partial charge on any atom is 0.261 e. The van der Waals surface area contributed by atoms with Crippen LogP contribution < -0.4 is 10.1 Å². The fourth-order valence-corrected chi connectivity index (χ4v) is 3.89. The molecule has 31 heavy (non-hydrogen) atoms. The minimum atomic E-state index is -0.698. The van der Waals surface area contributed by atoms with Gasteiger partial charge in [-0.25, -0.2) is 0 Å². The van der Waals surface area contributed by atoms with E-state index in [-0.39, 0.29) is 25.0 Å². The number of rotatable bonds is 10. The molecule has 0 fully saturated rings. The summed E-state index contributed by atoms with van der Waals surface area (Å²) in [4.78, 5) is 27.1. The van der Waals surface area contributed by atoms with E-state index in [2.05, 4.69) is 21.2 Å². The van der Waals surface area contributed by atoms with Crippen LogP contribution in [0, 0.1) is 0 Å². The summed E-state index contributed by atoms with van der Waals surface area (Å²) >= 11 is 21.4. The molecule has 2 rings (SSSR count). The zero-order chi connectivity index (χ0) is 23.0. The molecular weight excluding hydrogens is 527 g/mol. The van der Waals surface area contributed by atoms with Gasteiger partial charge in [0.15, 0.2) is 6.61 Å². The molecule has 0 radical (unpaired) electrons. The molecule has 5 nitrogen and oxygen atoms in total. The Morgan fingerprint density at radius 3 is 2.52 bits per heavy atom. The number of hydrogen-bond acceptors (Lipinski definition) is 3. The molecule has 0 unspecified atom stereocenters. The highest BCUT2D eigenvalue weighted by Crippen LogP contribution is 2.28. The van der Waals surface area contributed by atoms with Gasteiger partial charge in [-0.05, 0) is 65.2 Å². The van der Waals surface area contributed by atoms with Crippen molar-refractivity contribution in [3.63, 3.8) is 0 Å². The molecule has 0 bridgehead atoms. The predicted molar refractivity (Wildman–Crippen MR) is 129 cm³/mol. The third-order valence-corrected chi connectivity index (χ3v) is 6.17. The fraction of sp³-hybridized carbons (Fsp3) is 0.364. The number of amides is 2. The molecule has 2 aromatic rings. The Hall–Kier alpha value is -1.47. The van der Waals surface area contributed by atoms with Gasteiger partial charge in [-0.2, -0.15) is 0 Å². The molecule has 0 saturated heterocycles. The van der Waals surface area contributed by atoms with Crippen LogP contribution in [0.4, 0.5) is 0 Å². The first-order valence-corrected chi connectivity index (χ1v) is 11.7. The lowest BCUT2D eigenvalue weighted by atomic mass is 10.1. The van der Waals surface area contributed by atoms with Crippen LogP contribution in [0.5, 0.6) is 5.75 Å². The minimum Gasteiger partial charge on any atom is -0.483 e. The van der Waals surface area contributed by atoms with Crippen molar-refractivity contribution in [3.05, 3.63) is 61.5 Å². The molecule has 0 aliphatic heterocycles. The first-order chi connectivity index (χ1) is 14.7. The van der Waals surface area contributed by atoms with Crippen molar-refractivity contribution in [1.82, 2.24) is 10.2 Å². The summed E-state index contributed by atoms with van der Waals surface area (Å²) in [6.45, 7) is 4.23. The number of halogens is 4. The van der Waals surface area contributed by atoms with E-state index in [0.717, 1.165) is 18.4 Å². The average Bonchev–Trinajstić information content (AvgIpc) is 2.73. The van der Waals surface area contributed by atoms with Crippen molar-refractivity contribution < 1.29 is 14.3 Å². The smallest absolute Gasteiger partial charge is 0.261 e. The number of ether oxygens (including phenoxy) is 1. The van der Waals surface area contributed by atoms with Crippen LogP contribution in [0.3, 0.4) is 0 Å². The van der Waals surface area contributed by atoms with Gasteiger partial charge in [0.05, 0.1) is 14.5 Å². The van der Waals surface area contributed by atoms with Gasteiger partial charge in [0.1, 0.15) is 11.8 Å². The zero-order valence-corrected chi connectivity index (χ0v) is 21.1. The number of benzene rings is 2. The second-order valence-electron chi connectivity index (χ2n) is 6.95. The van der Waals surface area contributed by atoms with Crippen molar-refractivity contribution in [2.24, 2.45) is 0 Å². The van der Waals surface area contributed by atoms with E-state index in [1.165, 1.54) is 4.90 Å². The molecule has 1 N–H and O–H groups in total. The fourth-order valence-electron chi connectivity index (χ4n) is 2.77. The van der Waals surface area contributed by atoms with Gasteiger partial charge in [-0.15, -0.1) is 0 Å². The number of carbonyl (C=O) groups is 2. The Labute approximate surface area is 206 Å². The lowest BCUT2D eigenvalue weighted by Crippen LogP contribution is -2.49. The van der Waals surface area contributed by atoms with E-state index in [0.29, 0.717) is 31.8 Å². The van der Waals surface area contributed by atoms with Crippen molar-refractivity contribution in [1.29, 1.82) is 0 Å². The Bertz CT molecular complexity index is 927. The standard InChI is InChI=1S/C22H24BrCl3N2O3/c1-3-4-9-27-22(30)14(2)28(12-15-5-7-18(25)19(26)10-15)21(29)13-31-20-8-6-16(24)11-17(20)23/h5-8,10-11,14H,3-4,9,12-13H2,1-2H3,(H,27,30)/t14-/m1/s1. The molecule has 0 aliphatic carbocycles. The van der Waals surface area contributed by atoms with Crippen LogP contribution in [0.15, 0.2) is 40.9 Å². The second kappa shape index (κ2) is 12.5. The first kappa shape index (κ1) is 25.8. The molecule has 0 aromatic heterocycles. The second-order valence-corrected chi connectivity index (χ2v) is 9.06. The summed E-state index contributed by atoms with van der Waals surface area (Å²) in [6, 6.07) is 9.44. The molecule has 2 amide bonds. The average molecular weight is 551 g/mol. The first-order valence-electron chi connectivity index (χ1n) is 9.81. The molecule has 2 aromatic carbocycles. The van der Waals surface area contributed by atoms with Gasteiger partial charge >= 0.3 is 0 Å². The number of hydrogen-bond donors (Lipinski definition) is 1. The summed E-state index contributed by atoms with van der Waals surface area (Å²) in [7, 11) is 0. The maximum atomic E-state index is 13.0. The van der Waals surface area contributed by atoms with Crippen LogP contribution in [0.25, 0.3) is 0 Å². The molecule has 0 spiro atoms. The number of nitrogens with zero attached hydrogens (tertiary/aromatic N) is 1. The number of carbonyl (C=O) groups excluding carboxylic acids is 2. The van der Waals surface area contributed by atoms with E-state index < -0.39 is 6.04 Å². The van der Waals surface area contributed by atoms with E-state index in [4.69, 9.17) is 39.5 Å². The van der Waals surface area contributed by atoms with E-state index in [1.807, 2.05) is 6.92 Å². The molecule has 1 atom stereocenters. The SMILES string of the molecule is CCCCNC(=O)[C@@H](C)N(Cc1ccc(Cl)c(Cl)c1)C(=O)COc1ccc(Cl)cc1Br. The Morgan fingerprint density at radius 1 is 1.13 bits per heavy atom. The summed E-state index contributed by atoms with van der Waals surface area (Å²) in [5, 5.41) is 4.22. The lowest BCUT2D eigenvalue weighted by molar-refractivity contribution is -0.142. The summed E-state index contributed by atoms with van der Waals surface area (Å²) in [6.07, 6.45) is 1.83. The van der Waals surface area contributed by atoms with Crippen molar-refractivity contribution in [2.45, 2.75) is 39.3 Å². The minimum absolute atomic E-state index is 0.184. The highest BCUT2D eigenvalue weighted by molar-refractivity contribution is 9.10. The Morgan fingerprint density at radius 2 is 1.87 bits per heavy atom. The largest absolute Gasteiger partial charge is 0.483 e. The van der Waals surface area contributed by atoms with Gasteiger partial charge in [-0.1, -0.05) is 54.2 Å². The zero-order valence-electron chi connectivity index (χ0n) is 17.3. The van der Waals surface area contributed by atoms with Crippen LogP contribution in [-0.4, -0.2) is 35.9 Å². The quantitative estimate of drug-likeness (QED) is 0.363. The number of nitrogens with one attached hydrogen (secondary N) is 1. The van der Waals surface area contributed by atoms with E-state index >= 15 is 0 Å². The van der Waals surface area contributed by atoms with Gasteiger partial charge in [0.2, 0.25) is 5.91 Å². The van der Waals surface area contributed by atoms with Gasteiger partial charge < -0.3 is 15.0 Å². The summed E-state index contributed by atoms with van der Waals surface area (Å²) < 4.78 is 6.30. The normalized spacial score (nSPS) is 11.7. The Balaban J connectivity index is 2.17. The lowest BCUT2D eigenvalue weighted by Gasteiger charge is -2.29. The topological polar surface area (TPSA) is 58.6 Å². The predicted octanol–water partition coefficient (Wildman–Crippen LogP) is 6.12. The summed E-state index contributed by atoms with van der Waals surface area (Å²) in [5.74, 6) is -0.0899. The highest BCUT2D eigenvalue weighted by atomic mass is 79.9. The third kappa shape index (κ3) is 7.86. The molecule has 0 saturated carbocycles. The number of unbranched alkanes of at least 4 members (excludes halogenated alkanes) is 1. The summed E-state index contributed by atoms with van der Waals surface area (Å²) in [5.41, 5.74) is 0.753. The molecule has 0 heterocycles. The highest BCUT2D eigenvalue weighted by Gasteiger charge is 2.26. The molecular formula is C22H24BrCl3N2O3. The van der Waals surface area contributed by atoms with Gasteiger partial charge in [0.25, 0.3) is 5.91 Å². The van der Waals surface area contributed by atoms with Gasteiger partial charge in [-0.3, -0.25) is 9.59 Å². The maximum absolute atomic E-state index is 13.0. The molecule has 168 valence electrons.